The Hall–Kier alpha value is -0.990. The summed E-state index contributed by atoms with van der Waals surface area (Å²) in [5.41, 5.74) is 1.40. The standard InChI is InChI=1S/C11H20N2O/c1-4-12(5-2)11(14)13-8-6-10(3)7-9-13/h6H,4-5,7-9H2,1-3H3. The number of nitrogens with zero attached hydrogens (tertiary/aromatic N) is 2. The molecule has 0 aromatic heterocycles. The minimum absolute atomic E-state index is 0.179. The molecule has 80 valence electrons. The lowest BCUT2D eigenvalue weighted by molar-refractivity contribution is 0.161. The molecule has 0 atom stereocenters. The number of urea groups is 1. The SMILES string of the molecule is CCN(CC)C(=O)N1CC=C(C)CC1. The minimum Gasteiger partial charge on any atom is -0.325 e. The maximum absolute atomic E-state index is 11.9. The summed E-state index contributed by atoms with van der Waals surface area (Å²) < 4.78 is 0. The smallest absolute Gasteiger partial charge is 0.320 e. The monoisotopic (exact) mass is 196 g/mol. The van der Waals surface area contributed by atoms with Crippen molar-refractivity contribution in [1.29, 1.82) is 0 Å². The summed E-state index contributed by atoms with van der Waals surface area (Å²) in [7, 11) is 0. The molecule has 3 heteroatoms. The largest absolute Gasteiger partial charge is 0.325 e. The number of amides is 2. The molecular weight excluding hydrogens is 176 g/mol. The van der Waals surface area contributed by atoms with Crippen molar-refractivity contribution < 1.29 is 4.79 Å². The van der Waals surface area contributed by atoms with E-state index in [0.717, 1.165) is 32.6 Å². The first-order valence-electron chi connectivity index (χ1n) is 5.38. The van der Waals surface area contributed by atoms with Crippen LogP contribution >= 0.6 is 0 Å². The van der Waals surface area contributed by atoms with E-state index in [4.69, 9.17) is 0 Å². The molecule has 0 fully saturated rings. The molecule has 0 N–H and O–H groups in total. The third-order valence-electron chi connectivity index (χ3n) is 2.74. The van der Waals surface area contributed by atoms with Crippen molar-refractivity contribution in [2.24, 2.45) is 0 Å². The Morgan fingerprint density at radius 2 is 2.14 bits per heavy atom. The maximum atomic E-state index is 11.9. The second kappa shape index (κ2) is 5.03. The molecule has 3 nitrogen and oxygen atoms in total. The van der Waals surface area contributed by atoms with Gasteiger partial charge in [-0.25, -0.2) is 4.79 Å². The molecule has 14 heavy (non-hydrogen) atoms. The molecule has 0 radical (unpaired) electrons. The quantitative estimate of drug-likeness (QED) is 0.620. The molecule has 0 spiro atoms. The molecular formula is C11H20N2O. The third-order valence-corrected chi connectivity index (χ3v) is 2.74. The molecule has 1 rings (SSSR count). The first-order valence-corrected chi connectivity index (χ1v) is 5.38. The van der Waals surface area contributed by atoms with Crippen molar-refractivity contribution in [3.05, 3.63) is 11.6 Å². The van der Waals surface area contributed by atoms with Crippen molar-refractivity contribution in [2.45, 2.75) is 27.2 Å². The number of carbonyl (C=O) groups is 1. The van der Waals surface area contributed by atoms with Gasteiger partial charge in [-0.3, -0.25) is 0 Å². The van der Waals surface area contributed by atoms with Crippen LogP contribution in [0.4, 0.5) is 4.79 Å². The van der Waals surface area contributed by atoms with Crippen molar-refractivity contribution in [3.63, 3.8) is 0 Å². The summed E-state index contributed by atoms with van der Waals surface area (Å²) in [6.45, 7) is 9.42. The highest BCUT2D eigenvalue weighted by molar-refractivity contribution is 5.74. The van der Waals surface area contributed by atoms with E-state index >= 15 is 0 Å². The summed E-state index contributed by atoms with van der Waals surface area (Å²) in [5, 5.41) is 0. The van der Waals surface area contributed by atoms with Gasteiger partial charge in [-0.1, -0.05) is 11.6 Å². The molecule has 0 unspecified atom stereocenters. The fourth-order valence-corrected chi connectivity index (χ4v) is 1.64. The first kappa shape index (κ1) is 11.1. The molecule has 0 bridgehead atoms. The molecule has 0 aromatic rings. The van der Waals surface area contributed by atoms with E-state index in [-0.39, 0.29) is 6.03 Å². The van der Waals surface area contributed by atoms with E-state index in [0.29, 0.717) is 0 Å². The number of hydrogen-bond donors (Lipinski definition) is 0. The maximum Gasteiger partial charge on any atom is 0.320 e. The van der Waals surface area contributed by atoms with Crippen LogP contribution in [0.25, 0.3) is 0 Å². The van der Waals surface area contributed by atoms with Crippen LogP contribution in [0.2, 0.25) is 0 Å². The van der Waals surface area contributed by atoms with Gasteiger partial charge in [-0.05, 0) is 27.2 Å². The summed E-state index contributed by atoms with van der Waals surface area (Å²) in [5.74, 6) is 0. The van der Waals surface area contributed by atoms with Crippen LogP contribution in [0.3, 0.4) is 0 Å². The molecule has 1 aliphatic rings. The Morgan fingerprint density at radius 3 is 2.57 bits per heavy atom. The third kappa shape index (κ3) is 2.50. The van der Waals surface area contributed by atoms with Crippen LogP contribution in [0.5, 0.6) is 0 Å². The topological polar surface area (TPSA) is 23.6 Å². The fraction of sp³-hybridized carbons (Fsp3) is 0.727. The molecule has 0 saturated heterocycles. The number of hydrogen-bond acceptors (Lipinski definition) is 1. The average Bonchev–Trinajstić information content (AvgIpc) is 2.20. The lowest BCUT2D eigenvalue weighted by Crippen LogP contribution is -2.44. The highest BCUT2D eigenvalue weighted by Crippen LogP contribution is 2.11. The van der Waals surface area contributed by atoms with Gasteiger partial charge >= 0.3 is 6.03 Å². The van der Waals surface area contributed by atoms with Gasteiger partial charge in [-0.15, -0.1) is 0 Å². The molecule has 2 amide bonds. The van der Waals surface area contributed by atoms with Crippen LogP contribution in [0.15, 0.2) is 11.6 Å². The second-order valence-corrected chi connectivity index (χ2v) is 3.70. The van der Waals surface area contributed by atoms with E-state index in [2.05, 4.69) is 13.0 Å². The predicted molar refractivity (Wildman–Crippen MR) is 58.3 cm³/mol. The Balaban J connectivity index is 2.53. The number of rotatable bonds is 2. The lowest BCUT2D eigenvalue weighted by atomic mass is 10.1. The van der Waals surface area contributed by atoms with Gasteiger partial charge in [0.05, 0.1) is 0 Å². The summed E-state index contributed by atoms with van der Waals surface area (Å²) in [4.78, 5) is 15.7. The molecule has 1 aliphatic heterocycles. The predicted octanol–water partition coefficient (Wildman–Crippen LogP) is 2.10. The van der Waals surface area contributed by atoms with Gasteiger partial charge in [0.2, 0.25) is 0 Å². The average molecular weight is 196 g/mol. The second-order valence-electron chi connectivity index (χ2n) is 3.70. The lowest BCUT2D eigenvalue weighted by Gasteiger charge is -2.31. The Bertz CT molecular complexity index is 231. The zero-order valence-corrected chi connectivity index (χ0v) is 9.42. The van der Waals surface area contributed by atoms with E-state index in [1.807, 2.05) is 23.6 Å². The molecule has 0 aromatic carbocycles. The summed E-state index contributed by atoms with van der Waals surface area (Å²) in [6.07, 6.45) is 3.16. The molecule has 0 saturated carbocycles. The Morgan fingerprint density at radius 1 is 1.50 bits per heavy atom. The molecule has 0 aliphatic carbocycles. The van der Waals surface area contributed by atoms with E-state index in [9.17, 15) is 4.79 Å². The fourth-order valence-electron chi connectivity index (χ4n) is 1.64. The number of carbonyl (C=O) groups excluding carboxylic acids is 1. The van der Waals surface area contributed by atoms with Crippen molar-refractivity contribution in [3.8, 4) is 0 Å². The van der Waals surface area contributed by atoms with E-state index in [1.54, 1.807) is 0 Å². The highest BCUT2D eigenvalue weighted by atomic mass is 16.2. The molecule has 1 heterocycles. The minimum atomic E-state index is 0.179. The van der Waals surface area contributed by atoms with Gasteiger partial charge in [0.25, 0.3) is 0 Å². The van der Waals surface area contributed by atoms with Crippen LogP contribution in [-0.2, 0) is 0 Å². The first-order chi connectivity index (χ1) is 6.69. The van der Waals surface area contributed by atoms with E-state index < -0.39 is 0 Å². The van der Waals surface area contributed by atoms with Crippen LogP contribution in [-0.4, -0.2) is 42.0 Å². The van der Waals surface area contributed by atoms with Crippen molar-refractivity contribution >= 4 is 6.03 Å². The van der Waals surface area contributed by atoms with Gasteiger partial charge in [-0.2, -0.15) is 0 Å². The normalized spacial score (nSPS) is 16.5. The highest BCUT2D eigenvalue weighted by Gasteiger charge is 2.19. The van der Waals surface area contributed by atoms with Crippen LogP contribution < -0.4 is 0 Å². The van der Waals surface area contributed by atoms with Gasteiger partial charge in [0.15, 0.2) is 0 Å². The van der Waals surface area contributed by atoms with Gasteiger partial charge in [0, 0.05) is 26.2 Å². The van der Waals surface area contributed by atoms with Crippen LogP contribution in [0.1, 0.15) is 27.2 Å². The van der Waals surface area contributed by atoms with Crippen molar-refractivity contribution in [1.82, 2.24) is 9.80 Å². The zero-order valence-electron chi connectivity index (χ0n) is 9.42. The Kier molecular flexibility index (Phi) is 3.98. The van der Waals surface area contributed by atoms with Gasteiger partial charge in [0.1, 0.15) is 0 Å². The zero-order chi connectivity index (χ0) is 10.6. The van der Waals surface area contributed by atoms with Crippen molar-refractivity contribution in [2.75, 3.05) is 26.2 Å². The van der Waals surface area contributed by atoms with Gasteiger partial charge < -0.3 is 9.80 Å². The van der Waals surface area contributed by atoms with E-state index in [1.165, 1.54) is 5.57 Å². The van der Waals surface area contributed by atoms with Crippen LogP contribution in [0, 0.1) is 0 Å². The summed E-state index contributed by atoms with van der Waals surface area (Å²) in [6, 6.07) is 0.179. The Labute approximate surface area is 86.4 Å². The summed E-state index contributed by atoms with van der Waals surface area (Å²) >= 11 is 0.